The van der Waals surface area contributed by atoms with E-state index in [9.17, 15) is 4.79 Å². The third-order valence-electron chi connectivity index (χ3n) is 7.99. The Balaban J connectivity index is 1.30. The zero-order chi connectivity index (χ0) is 29.1. The van der Waals surface area contributed by atoms with Crippen molar-refractivity contribution in [3.63, 3.8) is 0 Å². The van der Waals surface area contributed by atoms with E-state index < -0.39 is 0 Å². The maximum absolute atomic E-state index is 13.7. The molecule has 3 aromatic carbocycles. The number of benzene rings is 3. The zero-order valence-electron chi connectivity index (χ0n) is 23.8. The van der Waals surface area contributed by atoms with Gasteiger partial charge in [-0.2, -0.15) is 5.10 Å². The fourth-order valence-electron chi connectivity index (χ4n) is 5.57. The standard InChI is InChI=1S/C32H36ClN7O2/c1-23(19-34)40-31(36-39(32(40)41)21-25-9-7-24(8-10-25)20-37-15-17-42-18-16-37)38-22-29(26-5-3-2-4-6-26)30(35-38)27-11-13-28(33)14-12-27/h2-14,23,29H,15-22,34H2,1H3/t23-,29-/m0/s1. The molecule has 0 unspecified atom stereocenters. The summed E-state index contributed by atoms with van der Waals surface area (Å²) >= 11 is 6.19. The molecule has 2 aliphatic rings. The van der Waals surface area contributed by atoms with Crippen LogP contribution in [-0.2, 0) is 17.8 Å². The van der Waals surface area contributed by atoms with E-state index in [0.717, 1.165) is 55.3 Å². The average Bonchev–Trinajstić information content (AvgIpc) is 3.61. The molecular formula is C32H36ClN7O2. The highest BCUT2D eigenvalue weighted by molar-refractivity contribution is 6.30. The van der Waals surface area contributed by atoms with Gasteiger partial charge in [0.25, 0.3) is 0 Å². The number of hydrogen-bond donors (Lipinski definition) is 1. The van der Waals surface area contributed by atoms with Crippen molar-refractivity contribution in [3.8, 4) is 0 Å². The fraction of sp³-hybridized carbons (Fsp3) is 0.344. The van der Waals surface area contributed by atoms with Crippen LogP contribution in [0.3, 0.4) is 0 Å². The van der Waals surface area contributed by atoms with Crippen LogP contribution in [0.5, 0.6) is 0 Å². The van der Waals surface area contributed by atoms with Crippen LogP contribution in [-0.4, -0.2) is 64.4 Å². The Bertz CT molecular complexity index is 1580. The zero-order valence-corrected chi connectivity index (χ0v) is 24.5. The van der Waals surface area contributed by atoms with Crippen molar-refractivity contribution in [2.75, 3.05) is 44.4 Å². The van der Waals surface area contributed by atoms with Gasteiger partial charge in [0.15, 0.2) is 0 Å². The third kappa shape index (κ3) is 6.05. The number of halogens is 1. The van der Waals surface area contributed by atoms with Crippen molar-refractivity contribution < 1.29 is 4.74 Å². The highest BCUT2D eigenvalue weighted by Gasteiger charge is 2.33. The van der Waals surface area contributed by atoms with E-state index in [1.165, 1.54) is 10.2 Å². The predicted molar refractivity (Wildman–Crippen MR) is 166 cm³/mol. The van der Waals surface area contributed by atoms with Crippen molar-refractivity contribution in [3.05, 3.63) is 117 Å². The molecule has 2 N–H and O–H groups in total. The second-order valence-corrected chi connectivity index (χ2v) is 11.4. The molecule has 218 valence electrons. The Morgan fingerprint density at radius 3 is 2.29 bits per heavy atom. The highest BCUT2D eigenvalue weighted by Crippen LogP contribution is 2.32. The van der Waals surface area contributed by atoms with Gasteiger partial charge in [0.05, 0.1) is 38.1 Å². The van der Waals surface area contributed by atoms with Crippen LogP contribution in [0.2, 0.25) is 5.02 Å². The Labute approximate surface area is 250 Å². The maximum Gasteiger partial charge on any atom is 0.348 e. The molecule has 0 saturated carbocycles. The lowest BCUT2D eigenvalue weighted by Gasteiger charge is -2.26. The summed E-state index contributed by atoms with van der Waals surface area (Å²) in [4.78, 5) is 16.1. The fourth-order valence-corrected chi connectivity index (χ4v) is 5.70. The van der Waals surface area contributed by atoms with E-state index in [4.69, 9.17) is 32.3 Å². The van der Waals surface area contributed by atoms with E-state index in [0.29, 0.717) is 30.6 Å². The lowest BCUT2D eigenvalue weighted by molar-refractivity contribution is 0.0342. The number of morpholine rings is 1. The van der Waals surface area contributed by atoms with E-state index in [1.807, 2.05) is 54.4 Å². The average molecular weight is 586 g/mol. The van der Waals surface area contributed by atoms with Crippen molar-refractivity contribution >= 4 is 23.3 Å². The molecule has 1 aromatic heterocycles. The molecule has 0 spiro atoms. The number of ether oxygens (including phenoxy) is 1. The Morgan fingerprint density at radius 1 is 0.952 bits per heavy atom. The lowest BCUT2D eigenvalue weighted by Crippen LogP contribution is -2.35. The van der Waals surface area contributed by atoms with Gasteiger partial charge < -0.3 is 10.5 Å². The molecule has 6 rings (SSSR count). The minimum atomic E-state index is -0.248. The first-order valence-corrected chi connectivity index (χ1v) is 14.8. The molecule has 3 heterocycles. The van der Waals surface area contributed by atoms with Crippen LogP contribution in [0.1, 0.15) is 41.1 Å². The van der Waals surface area contributed by atoms with Crippen molar-refractivity contribution in [1.29, 1.82) is 0 Å². The molecule has 0 bridgehead atoms. The second-order valence-electron chi connectivity index (χ2n) is 10.9. The second kappa shape index (κ2) is 12.6. The Kier molecular flexibility index (Phi) is 8.53. The highest BCUT2D eigenvalue weighted by atomic mass is 35.5. The summed E-state index contributed by atoms with van der Waals surface area (Å²) in [5.74, 6) is 0.486. The number of hydrazone groups is 1. The molecule has 0 amide bonds. The number of anilines is 1. The minimum Gasteiger partial charge on any atom is -0.379 e. The summed E-state index contributed by atoms with van der Waals surface area (Å²) < 4.78 is 8.65. The van der Waals surface area contributed by atoms with Crippen LogP contribution in [0.15, 0.2) is 88.8 Å². The molecule has 2 atom stereocenters. The van der Waals surface area contributed by atoms with Crippen LogP contribution >= 0.6 is 11.6 Å². The molecular weight excluding hydrogens is 550 g/mol. The van der Waals surface area contributed by atoms with Gasteiger partial charge in [0.2, 0.25) is 5.95 Å². The number of aromatic nitrogens is 3. The van der Waals surface area contributed by atoms with Gasteiger partial charge in [-0.25, -0.2) is 14.5 Å². The van der Waals surface area contributed by atoms with Crippen molar-refractivity contribution in [1.82, 2.24) is 19.2 Å². The first-order chi connectivity index (χ1) is 20.5. The number of rotatable bonds is 9. The smallest absolute Gasteiger partial charge is 0.348 e. The summed E-state index contributed by atoms with van der Waals surface area (Å²) in [6, 6.07) is 26.2. The Hall–Kier alpha value is -3.76. The molecule has 10 heteroatoms. The van der Waals surface area contributed by atoms with E-state index in [1.54, 1.807) is 4.57 Å². The van der Waals surface area contributed by atoms with Gasteiger partial charge in [-0.3, -0.25) is 9.47 Å². The summed E-state index contributed by atoms with van der Waals surface area (Å²) in [5, 5.41) is 12.4. The first kappa shape index (κ1) is 28.4. The molecule has 1 fully saturated rings. The first-order valence-electron chi connectivity index (χ1n) is 14.4. The van der Waals surface area contributed by atoms with Crippen molar-refractivity contribution in [2.45, 2.75) is 32.0 Å². The molecule has 0 aliphatic carbocycles. The minimum absolute atomic E-state index is 0.00623. The number of nitrogens with zero attached hydrogens (tertiary/aromatic N) is 6. The molecule has 1 saturated heterocycles. The van der Waals surface area contributed by atoms with E-state index in [-0.39, 0.29) is 17.6 Å². The van der Waals surface area contributed by atoms with Gasteiger partial charge in [-0.1, -0.05) is 78.3 Å². The molecule has 42 heavy (non-hydrogen) atoms. The van der Waals surface area contributed by atoms with Crippen LogP contribution in [0, 0.1) is 0 Å². The summed E-state index contributed by atoms with van der Waals surface area (Å²) in [6.07, 6.45) is 0. The summed E-state index contributed by atoms with van der Waals surface area (Å²) in [5.41, 5.74) is 11.1. The van der Waals surface area contributed by atoms with Crippen LogP contribution in [0.4, 0.5) is 5.95 Å². The number of nitrogens with two attached hydrogens (primary N) is 1. The largest absolute Gasteiger partial charge is 0.379 e. The summed E-state index contributed by atoms with van der Waals surface area (Å²) in [6.45, 7) is 7.49. The molecule has 0 radical (unpaired) electrons. The lowest BCUT2D eigenvalue weighted by atomic mass is 9.91. The molecule has 2 aliphatic heterocycles. The molecule has 4 aromatic rings. The van der Waals surface area contributed by atoms with Crippen molar-refractivity contribution in [2.24, 2.45) is 10.8 Å². The van der Waals surface area contributed by atoms with Gasteiger partial charge in [-0.15, -0.1) is 5.10 Å². The number of hydrogen-bond acceptors (Lipinski definition) is 7. The van der Waals surface area contributed by atoms with Gasteiger partial charge >= 0.3 is 5.69 Å². The quantitative estimate of drug-likeness (QED) is 0.318. The van der Waals surface area contributed by atoms with Gasteiger partial charge in [0.1, 0.15) is 0 Å². The third-order valence-corrected chi connectivity index (χ3v) is 8.24. The normalized spacial score (nSPS) is 18.3. The SMILES string of the molecule is C[C@@H](CN)n1c(N2C[C@@H](c3ccccc3)C(c3ccc(Cl)cc3)=N2)nn(Cc2ccc(CN3CCOCC3)cc2)c1=O. The van der Waals surface area contributed by atoms with Crippen LogP contribution in [0.25, 0.3) is 0 Å². The van der Waals surface area contributed by atoms with Gasteiger partial charge in [0, 0.05) is 37.1 Å². The van der Waals surface area contributed by atoms with Crippen LogP contribution < -0.4 is 16.4 Å². The molecule has 9 nitrogen and oxygen atoms in total. The summed E-state index contributed by atoms with van der Waals surface area (Å²) in [7, 11) is 0. The van der Waals surface area contributed by atoms with E-state index in [2.05, 4.69) is 41.3 Å². The topological polar surface area (TPSA) is 93.9 Å². The van der Waals surface area contributed by atoms with E-state index >= 15 is 0 Å². The maximum atomic E-state index is 13.7. The Morgan fingerprint density at radius 2 is 1.62 bits per heavy atom. The van der Waals surface area contributed by atoms with Gasteiger partial charge in [-0.05, 0) is 41.3 Å². The predicted octanol–water partition coefficient (Wildman–Crippen LogP) is 4.11. The monoisotopic (exact) mass is 585 g/mol.